The molecule has 0 aliphatic rings. The van der Waals surface area contributed by atoms with E-state index in [-0.39, 0.29) is 12.5 Å². The quantitative estimate of drug-likeness (QED) is 0.825. The highest BCUT2D eigenvalue weighted by Crippen LogP contribution is 2.12. The number of hydrogen-bond acceptors (Lipinski definition) is 5. The number of benzene rings is 1. The normalized spacial score (nSPS) is 10.6. The van der Waals surface area contributed by atoms with Crippen LogP contribution in [0.25, 0.3) is 6.08 Å². The zero-order valence-corrected chi connectivity index (χ0v) is 13.5. The van der Waals surface area contributed by atoms with Crippen molar-refractivity contribution in [3.05, 3.63) is 54.0 Å². The predicted molar refractivity (Wildman–Crippen MR) is 90.2 cm³/mol. The minimum absolute atomic E-state index is 0.195. The fraction of sp³-hybridized carbons (Fsp3) is 0.235. The lowest BCUT2D eigenvalue weighted by Crippen LogP contribution is -2.22. The molecule has 120 valence electrons. The molecule has 2 aromatic rings. The van der Waals surface area contributed by atoms with Gasteiger partial charge in [0.1, 0.15) is 17.4 Å². The van der Waals surface area contributed by atoms with Crippen molar-refractivity contribution >= 4 is 17.8 Å². The van der Waals surface area contributed by atoms with E-state index in [9.17, 15) is 4.79 Å². The number of anilines is 1. The second kappa shape index (κ2) is 7.93. The number of nitrogens with zero attached hydrogens (tertiary/aromatic N) is 3. The van der Waals surface area contributed by atoms with Gasteiger partial charge in [-0.2, -0.15) is 0 Å². The summed E-state index contributed by atoms with van der Waals surface area (Å²) in [6.07, 6.45) is 4.90. The maximum Gasteiger partial charge on any atom is 0.244 e. The summed E-state index contributed by atoms with van der Waals surface area (Å²) in [6, 6.07) is 9.27. The van der Waals surface area contributed by atoms with E-state index in [1.165, 1.54) is 6.08 Å². The molecular weight excluding hydrogens is 292 g/mol. The lowest BCUT2D eigenvalue weighted by atomic mass is 10.2. The Labute approximate surface area is 135 Å². The third-order valence-corrected chi connectivity index (χ3v) is 3.11. The molecule has 0 saturated heterocycles. The van der Waals surface area contributed by atoms with Crippen molar-refractivity contribution in [3.8, 4) is 5.75 Å². The average molecular weight is 312 g/mol. The summed E-state index contributed by atoms with van der Waals surface area (Å²) in [5.74, 6) is 1.96. The fourth-order valence-corrected chi connectivity index (χ4v) is 1.83. The van der Waals surface area contributed by atoms with E-state index in [4.69, 9.17) is 4.74 Å². The van der Waals surface area contributed by atoms with Crippen LogP contribution < -0.4 is 15.0 Å². The van der Waals surface area contributed by atoms with Crippen LogP contribution in [0, 0.1) is 0 Å². The van der Waals surface area contributed by atoms with Gasteiger partial charge in [-0.1, -0.05) is 12.1 Å². The van der Waals surface area contributed by atoms with Gasteiger partial charge in [-0.25, -0.2) is 9.97 Å². The Kier molecular flexibility index (Phi) is 5.68. The van der Waals surface area contributed by atoms with Crippen LogP contribution in [0.4, 0.5) is 5.82 Å². The number of nitrogens with one attached hydrogen (secondary N) is 1. The maximum absolute atomic E-state index is 11.8. The molecule has 1 amide bonds. The lowest BCUT2D eigenvalue weighted by molar-refractivity contribution is -0.116. The van der Waals surface area contributed by atoms with E-state index in [1.807, 2.05) is 49.3 Å². The molecule has 0 fully saturated rings. The van der Waals surface area contributed by atoms with Crippen LogP contribution in [0.1, 0.15) is 11.4 Å². The van der Waals surface area contributed by atoms with Gasteiger partial charge < -0.3 is 15.0 Å². The zero-order chi connectivity index (χ0) is 16.7. The average Bonchev–Trinajstić information content (AvgIpc) is 2.58. The number of amides is 1. The molecule has 0 spiro atoms. The molecule has 0 aliphatic heterocycles. The van der Waals surface area contributed by atoms with Gasteiger partial charge in [0.15, 0.2) is 0 Å². The summed E-state index contributed by atoms with van der Waals surface area (Å²) in [7, 11) is 5.43. The van der Waals surface area contributed by atoms with E-state index in [2.05, 4.69) is 15.3 Å². The Morgan fingerprint density at radius 3 is 2.65 bits per heavy atom. The number of carbonyl (C=O) groups excluding carboxylic acids is 1. The van der Waals surface area contributed by atoms with Gasteiger partial charge in [-0.3, -0.25) is 4.79 Å². The van der Waals surface area contributed by atoms with E-state index in [0.29, 0.717) is 5.82 Å². The smallest absolute Gasteiger partial charge is 0.244 e. The van der Waals surface area contributed by atoms with Crippen LogP contribution in [0.2, 0.25) is 0 Å². The summed E-state index contributed by atoms with van der Waals surface area (Å²) in [5.41, 5.74) is 0.923. The third-order valence-electron chi connectivity index (χ3n) is 3.11. The number of methoxy groups -OCH3 is 1. The number of aromatic nitrogens is 2. The standard InChI is InChI=1S/C17H20N4O2/c1-21(2)16-10-11-18-15(20-16)12-19-17(22)9-6-13-4-7-14(23-3)8-5-13/h4-11H,12H2,1-3H3,(H,19,22)/b9-6+. The summed E-state index contributed by atoms with van der Waals surface area (Å²) >= 11 is 0. The van der Waals surface area contributed by atoms with E-state index in [1.54, 1.807) is 19.4 Å². The molecule has 0 atom stereocenters. The molecule has 6 heteroatoms. The predicted octanol–water partition coefficient (Wildman–Crippen LogP) is 1.88. The molecular formula is C17H20N4O2. The number of rotatable bonds is 6. The lowest BCUT2D eigenvalue weighted by Gasteiger charge is -2.11. The van der Waals surface area contributed by atoms with Crippen LogP contribution >= 0.6 is 0 Å². The van der Waals surface area contributed by atoms with Crippen molar-refractivity contribution in [2.24, 2.45) is 0 Å². The number of carbonyl (C=O) groups is 1. The van der Waals surface area contributed by atoms with Crippen LogP contribution in [-0.4, -0.2) is 37.1 Å². The Bertz CT molecular complexity index is 681. The molecule has 1 aromatic heterocycles. The zero-order valence-electron chi connectivity index (χ0n) is 13.5. The van der Waals surface area contributed by atoms with Crippen LogP contribution in [0.3, 0.4) is 0 Å². The molecule has 0 aliphatic carbocycles. The Balaban J connectivity index is 1.89. The largest absolute Gasteiger partial charge is 0.497 e. The van der Waals surface area contributed by atoms with E-state index in [0.717, 1.165) is 17.1 Å². The van der Waals surface area contributed by atoms with Crippen LogP contribution in [0.5, 0.6) is 5.75 Å². The van der Waals surface area contributed by atoms with E-state index < -0.39 is 0 Å². The summed E-state index contributed by atoms with van der Waals surface area (Å²) < 4.78 is 5.09. The molecule has 2 rings (SSSR count). The van der Waals surface area contributed by atoms with Gasteiger partial charge in [0.25, 0.3) is 0 Å². The first-order valence-electron chi connectivity index (χ1n) is 7.17. The Morgan fingerprint density at radius 2 is 2.00 bits per heavy atom. The van der Waals surface area contributed by atoms with Crippen molar-refractivity contribution in [3.63, 3.8) is 0 Å². The minimum Gasteiger partial charge on any atom is -0.497 e. The van der Waals surface area contributed by atoms with Crippen molar-refractivity contribution in [1.29, 1.82) is 0 Å². The summed E-state index contributed by atoms with van der Waals surface area (Å²) in [5, 5.41) is 2.76. The molecule has 0 radical (unpaired) electrons. The Morgan fingerprint density at radius 1 is 1.26 bits per heavy atom. The highest BCUT2D eigenvalue weighted by atomic mass is 16.5. The second-order valence-corrected chi connectivity index (χ2v) is 5.05. The first kappa shape index (κ1) is 16.5. The molecule has 1 aromatic carbocycles. The minimum atomic E-state index is -0.195. The van der Waals surface area contributed by atoms with Gasteiger partial charge >= 0.3 is 0 Å². The van der Waals surface area contributed by atoms with Gasteiger partial charge in [0.05, 0.1) is 13.7 Å². The number of hydrogen-bond donors (Lipinski definition) is 1. The van der Waals surface area contributed by atoms with Gasteiger partial charge in [-0.15, -0.1) is 0 Å². The maximum atomic E-state index is 11.8. The summed E-state index contributed by atoms with van der Waals surface area (Å²) in [4.78, 5) is 22.2. The first-order valence-corrected chi connectivity index (χ1v) is 7.17. The molecule has 23 heavy (non-hydrogen) atoms. The van der Waals surface area contributed by atoms with Crippen LogP contribution in [-0.2, 0) is 11.3 Å². The molecule has 0 bridgehead atoms. The van der Waals surface area contributed by atoms with Crippen molar-refractivity contribution < 1.29 is 9.53 Å². The summed E-state index contributed by atoms with van der Waals surface area (Å²) in [6.45, 7) is 0.285. The van der Waals surface area contributed by atoms with Crippen molar-refractivity contribution in [1.82, 2.24) is 15.3 Å². The van der Waals surface area contributed by atoms with Gasteiger partial charge in [-0.05, 0) is 29.8 Å². The molecule has 0 saturated carbocycles. The monoisotopic (exact) mass is 312 g/mol. The molecule has 1 N–H and O–H groups in total. The highest BCUT2D eigenvalue weighted by Gasteiger charge is 2.02. The molecule has 1 heterocycles. The topological polar surface area (TPSA) is 67.3 Å². The third kappa shape index (κ3) is 5.10. The van der Waals surface area contributed by atoms with E-state index >= 15 is 0 Å². The molecule has 0 unspecified atom stereocenters. The van der Waals surface area contributed by atoms with Crippen molar-refractivity contribution in [2.45, 2.75) is 6.54 Å². The highest BCUT2D eigenvalue weighted by molar-refractivity contribution is 5.91. The number of ether oxygens (including phenoxy) is 1. The second-order valence-electron chi connectivity index (χ2n) is 5.05. The fourth-order valence-electron chi connectivity index (χ4n) is 1.83. The van der Waals surface area contributed by atoms with Gasteiger partial charge in [0.2, 0.25) is 5.91 Å². The Hall–Kier alpha value is -2.89. The molecule has 6 nitrogen and oxygen atoms in total. The first-order chi connectivity index (χ1) is 11.1. The van der Waals surface area contributed by atoms with Gasteiger partial charge in [0, 0.05) is 26.4 Å². The SMILES string of the molecule is COc1ccc(/C=C/C(=O)NCc2nccc(N(C)C)n2)cc1. The van der Waals surface area contributed by atoms with Crippen molar-refractivity contribution in [2.75, 3.05) is 26.1 Å². The van der Waals surface area contributed by atoms with Crippen LogP contribution in [0.15, 0.2) is 42.6 Å².